The third-order valence-corrected chi connectivity index (χ3v) is 4.55. The Balaban J connectivity index is 1.59. The summed E-state index contributed by atoms with van der Waals surface area (Å²) in [5.74, 6) is 2.51. The topological polar surface area (TPSA) is 41.1 Å². The Labute approximate surface area is 104 Å². The smallest absolute Gasteiger partial charge is 0.261 e. The van der Waals surface area contributed by atoms with Crippen LogP contribution < -0.4 is 10.6 Å². The zero-order valence-corrected chi connectivity index (χ0v) is 10.7. The van der Waals surface area contributed by atoms with Crippen LogP contribution in [0.25, 0.3) is 0 Å². The average molecular weight is 256 g/mol. The highest BCUT2D eigenvalue weighted by molar-refractivity contribution is 7.99. The van der Waals surface area contributed by atoms with Gasteiger partial charge in [-0.1, -0.05) is 6.07 Å². The number of carbonyl (C=O) groups excluding carboxylic acids is 1. The fourth-order valence-corrected chi connectivity index (χ4v) is 3.47. The summed E-state index contributed by atoms with van der Waals surface area (Å²) >= 11 is 3.47. The van der Waals surface area contributed by atoms with Crippen molar-refractivity contribution < 1.29 is 4.79 Å². The molecule has 1 aliphatic rings. The molecule has 1 aliphatic heterocycles. The molecule has 2 rings (SSSR count). The van der Waals surface area contributed by atoms with Crippen molar-refractivity contribution in [3.8, 4) is 0 Å². The molecule has 0 aromatic carbocycles. The fraction of sp³-hybridized carbons (Fsp3) is 0.545. The number of hydrogen-bond donors (Lipinski definition) is 2. The molecule has 16 heavy (non-hydrogen) atoms. The molecule has 1 atom stereocenters. The highest BCUT2D eigenvalue weighted by Crippen LogP contribution is 2.16. The van der Waals surface area contributed by atoms with Gasteiger partial charge in [0.2, 0.25) is 0 Å². The van der Waals surface area contributed by atoms with Crippen LogP contribution in [0.1, 0.15) is 16.1 Å². The van der Waals surface area contributed by atoms with Gasteiger partial charge in [0.05, 0.1) is 4.88 Å². The van der Waals surface area contributed by atoms with Crippen LogP contribution in [0, 0.1) is 0 Å². The minimum atomic E-state index is 0.0394. The summed E-state index contributed by atoms with van der Waals surface area (Å²) in [6.07, 6.45) is 1.25. The minimum absolute atomic E-state index is 0.0394. The molecule has 0 bridgehead atoms. The van der Waals surface area contributed by atoms with Crippen LogP contribution in [0.4, 0.5) is 0 Å². The summed E-state index contributed by atoms with van der Waals surface area (Å²) in [5.41, 5.74) is 0. The molecular weight excluding hydrogens is 240 g/mol. The molecule has 1 aromatic rings. The fourth-order valence-electron chi connectivity index (χ4n) is 1.64. The minimum Gasteiger partial charge on any atom is -0.350 e. The molecule has 0 saturated carbocycles. The zero-order valence-electron chi connectivity index (χ0n) is 9.07. The van der Waals surface area contributed by atoms with Crippen molar-refractivity contribution in [2.24, 2.45) is 0 Å². The Kier molecular flexibility index (Phi) is 4.69. The molecule has 88 valence electrons. The van der Waals surface area contributed by atoms with E-state index in [1.165, 1.54) is 29.3 Å². The van der Waals surface area contributed by atoms with Crippen LogP contribution in [0.2, 0.25) is 0 Å². The number of thiophene rings is 1. The summed E-state index contributed by atoms with van der Waals surface area (Å²) in [7, 11) is 0. The quantitative estimate of drug-likeness (QED) is 0.786. The summed E-state index contributed by atoms with van der Waals surface area (Å²) in [5, 5.41) is 8.28. The van der Waals surface area contributed by atoms with Crippen LogP contribution in [-0.4, -0.2) is 36.5 Å². The van der Waals surface area contributed by atoms with Crippen molar-refractivity contribution in [2.75, 3.05) is 24.6 Å². The number of nitrogens with one attached hydrogen (secondary N) is 2. The maximum absolute atomic E-state index is 11.6. The highest BCUT2D eigenvalue weighted by Gasteiger charge is 2.14. The monoisotopic (exact) mass is 256 g/mol. The first-order valence-corrected chi connectivity index (χ1v) is 7.52. The van der Waals surface area contributed by atoms with Crippen molar-refractivity contribution in [3.63, 3.8) is 0 Å². The number of rotatable bonds is 5. The molecule has 0 aliphatic carbocycles. The molecule has 3 nitrogen and oxygen atoms in total. The van der Waals surface area contributed by atoms with E-state index < -0.39 is 0 Å². The highest BCUT2D eigenvalue weighted by atomic mass is 32.2. The lowest BCUT2D eigenvalue weighted by atomic mass is 10.2. The van der Waals surface area contributed by atoms with E-state index in [2.05, 4.69) is 10.6 Å². The van der Waals surface area contributed by atoms with Gasteiger partial charge in [-0.2, -0.15) is 11.8 Å². The van der Waals surface area contributed by atoms with Gasteiger partial charge in [-0.25, -0.2) is 0 Å². The molecule has 1 amide bonds. The van der Waals surface area contributed by atoms with Crippen LogP contribution in [0.15, 0.2) is 17.5 Å². The third-order valence-electron chi connectivity index (χ3n) is 2.52. The predicted molar refractivity (Wildman–Crippen MR) is 70.4 cm³/mol. The average Bonchev–Trinajstić information content (AvgIpc) is 2.96. The van der Waals surface area contributed by atoms with E-state index in [1.807, 2.05) is 29.3 Å². The van der Waals surface area contributed by atoms with Gasteiger partial charge in [0.1, 0.15) is 0 Å². The number of hydrogen-bond acceptors (Lipinski definition) is 4. The van der Waals surface area contributed by atoms with Crippen LogP contribution in [-0.2, 0) is 0 Å². The van der Waals surface area contributed by atoms with Gasteiger partial charge < -0.3 is 10.6 Å². The first-order chi connectivity index (χ1) is 7.86. The van der Waals surface area contributed by atoms with E-state index in [4.69, 9.17) is 0 Å². The summed E-state index contributed by atoms with van der Waals surface area (Å²) in [6, 6.07) is 4.39. The predicted octanol–water partition coefficient (Wildman–Crippen LogP) is 1.57. The van der Waals surface area contributed by atoms with Gasteiger partial charge in [0.25, 0.3) is 5.91 Å². The van der Waals surface area contributed by atoms with Crippen molar-refractivity contribution >= 4 is 29.0 Å². The van der Waals surface area contributed by atoms with Crippen LogP contribution >= 0.6 is 23.1 Å². The zero-order chi connectivity index (χ0) is 11.2. The van der Waals surface area contributed by atoms with Gasteiger partial charge in [-0.15, -0.1) is 11.3 Å². The lowest BCUT2D eigenvalue weighted by Crippen LogP contribution is -2.36. The van der Waals surface area contributed by atoms with Gasteiger partial charge in [0, 0.05) is 24.9 Å². The van der Waals surface area contributed by atoms with Crippen LogP contribution in [0.5, 0.6) is 0 Å². The van der Waals surface area contributed by atoms with Gasteiger partial charge in [0.15, 0.2) is 0 Å². The molecule has 2 N–H and O–H groups in total. The number of carbonyl (C=O) groups is 1. The summed E-state index contributed by atoms with van der Waals surface area (Å²) in [4.78, 5) is 12.4. The molecule has 0 radical (unpaired) electrons. The lowest BCUT2D eigenvalue weighted by Gasteiger charge is -2.11. The second-order valence-electron chi connectivity index (χ2n) is 3.75. The van der Waals surface area contributed by atoms with E-state index >= 15 is 0 Å². The maximum Gasteiger partial charge on any atom is 0.261 e. The van der Waals surface area contributed by atoms with Crippen LogP contribution in [0.3, 0.4) is 0 Å². The normalized spacial score (nSPS) is 19.9. The second-order valence-corrected chi connectivity index (χ2v) is 5.85. The number of amides is 1. The van der Waals surface area contributed by atoms with Gasteiger partial charge in [-0.3, -0.25) is 4.79 Å². The Hall–Kier alpha value is -0.520. The third kappa shape index (κ3) is 3.50. The Morgan fingerprint density at radius 1 is 1.50 bits per heavy atom. The molecule has 2 heterocycles. The van der Waals surface area contributed by atoms with E-state index in [0.717, 1.165) is 11.4 Å². The van der Waals surface area contributed by atoms with E-state index in [-0.39, 0.29) is 5.91 Å². The molecule has 1 fully saturated rings. The second kappa shape index (κ2) is 6.27. The Morgan fingerprint density at radius 3 is 3.12 bits per heavy atom. The van der Waals surface area contributed by atoms with Crippen molar-refractivity contribution in [3.05, 3.63) is 22.4 Å². The lowest BCUT2D eigenvalue weighted by molar-refractivity contribution is 0.0957. The standard InChI is InChI=1S/C11H16N2OS2/c14-11(10-2-1-6-16-10)13-5-4-12-9-3-7-15-8-9/h1-2,6,9,12H,3-5,7-8H2,(H,13,14). The van der Waals surface area contributed by atoms with Crippen molar-refractivity contribution in [2.45, 2.75) is 12.5 Å². The Morgan fingerprint density at radius 2 is 2.44 bits per heavy atom. The first-order valence-electron chi connectivity index (χ1n) is 5.49. The largest absolute Gasteiger partial charge is 0.350 e. The van der Waals surface area contributed by atoms with Crippen molar-refractivity contribution in [1.82, 2.24) is 10.6 Å². The van der Waals surface area contributed by atoms with E-state index in [0.29, 0.717) is 12.6 Å². The molecular formula is C11H16N2OS2. The van der Waals surface area contributed by atoms with E-state index in [1.54, 1.807) is 0 Å². The SMILES string of the molecule is O=C(NCCNC1CCSC1)c1cccs1. The maximum atomic E-state index is 11.6. The molecule has 5 heteroatoms. The van der Waals surface area contributed by atoms with Gasteiger partial charge in [-0.05, 0) is 23.6 Å². The summed E-state index contributed by atoms with van der Waals surface area (Å²) < 4.78 is 0. The molecule has 0 spiro atoms. The van der Waals surface area contributed by atoms with E-state index in [9.17, 15) is 4.79 Å². The summed E-state index contributed by atoms with van der Waals surface area (Å²) in [6.45, 7) is 1.57. The molecule has 1 aromatic heterocycles. The van der Waals surface area contributed by atoms with Gasteiger partial charge >= 0.3 is 0 Å². The molecule has 1 unspecified atom stereocenters. The first kappa shape index (κ1) is 12.0. The molecule has 1 saturated heterocycles. The Bertz CT molecular complexity index is 321. The van der Waals surface area contributed by atoms with Crippen molar-refractivity contribution in [1.29, 1.82) is 0 Å². The number of thioether (sulfide) groups is 1.